The molecule has 0 saturated heterocycles. The van der Waals surface area contributed by atoms with E-state index < -0.39 is 11.9 Å². The molecule has 1 aromatic heterocycles. The molecule has 1 heterocycles. The Morgan fingerprint density at radius 3 is 2.69 bits per heavy atom. The van der Waals surface area contributed by atoms with E-state index in [2.05, 4.69) is 5.32 Å². The first-order valence-electron chi connectivity index (χ1n) is 11.7. The molecule has 0 unspecified atom stereocenters. The number of nitriles is 1. The van der Waals surface area contributed by atoms with Crippen molar-refractivity contribution in [1.29, 1.82) is 5.26 Å². The quantitative estimate of drug-likeness (QED) is 0.206. The Labute approximate surface area is 219 Å². The van der Waals surface area contributed by atoms with E-state index in [0.29, 0.717) is 33.5 Å². The topological polar surface area (TPSA) is 88.4 Å². The number of ether oxygens (including phenoxy) is 2. The lowest BCUT2D eigenvalue weighted by Crippen LogP contribution is -2.16. The Bertz CT molecular complexity index is 1340. The van der Waals surface area contributed by atoms with Gasteiger partial charge in [0.1, 0.15) is 29.0 Å². The molecule has 2 aromatic carbocycles. The number of carbonyl (C=O) groups excluding carboxylic acids is 2. The average Bonchev–Trinajstić information content (AvgIpc) is 3.25. The maximum absolute atomic E-state index is 13.0. The fourth-order valence-electron chi connectivity index (χ4n) is 4.00. The number of nitrogens with one attached hydrogen (secondary N) is 1. The van der Waals surface area contributed by atoms with Crippen LogP contribution < -0.4 is 10.1 Å². The van der Waals surface area contributed by atoms with Crippen molar-refractivity contribution in [2.45, 2.75) is 39.2 Å². The van der Waals surface area contributed by atoms with Crippen molar-refractivity contribution in [3.8, 4) is 11.8 Å². The van der Waals surface area contributed by atoms with Crippen LogP contribution >= 0.6 is 22.9 Å². The summed E-state index contributed by atoms with van der Waals surface area (Å²) in [5.74, 6) is -0.415. The van der Waals surface area contributed by atoms with E-state index in [1.807, 2.05) is 18.2 Å². The predicted octanol–water partition coefficient (Wildman–Crippen LogP) is 6.58. The number of hydrogen-bond donors (Lipinski definition) is 1. The molecule has 0 radical (unpaired) electrons. The maximum atomic E-state index is 13.0. The Hall–Kier alpha value is -3.60. The highest BCUT2D eigenvalue weighted by Crippen LogP contribution is 2.38. The van der Waals surface area contributed by atoms with Gasteiger partial charge < -0.3 is 14.8 Å². The number of hydrogen-bond acceptors (Lipinski definition) is 6. The molecule has 6 nitrogen and oxygen atoms in total. The molecule has 3 aromatic rings. The molecule has 1 N–H and O–H groups in total. The minimum atomic E-state index is -0.575. The smallest absolute Gasteiger partial charge is 0.341 e. The first kappa shape index (κ1) is 25.5. The molecule has 0 fully saturated rings. The lowest BCUT2D eigenvalue weighted by molar-refractivity contribution is -0.112. The number of nitrogens with zero attached hydrogens (tertiary/aromatic N) is 1. The lowest BCUT2D eigenvalue weighted by atomic mass is 9.95. The summed E-state index contributed by atoms with van der Waals surface area (Å²) in [5.41, 5.74) is 2.90. The van der Waals surface area contributed by atoms with Crippen LogP contribution in [0.5, 0.6) is 5.75 Å². The van der Waals surface area contributed by atoms with Crippen LogP contribution in [0.1, 0.15) is 51.7 Å². The number of esters is 1. The summed E-state index contributed by atoms with van der Waals surface area (Å²) in [5, 5.41) is 13.6. The van der Waals surface area contributed by atoms with Gasteiger partial charge in [-0.2, -0.15) is 5.26 Å². The largest absolute Gasteiger partial charge is 0.489 e. The van der Waals surface area contributed by atoms with Crippen LogP contribution in [0.4, 0.5) is 5.00 Å². The number of aryl methyl sites for hydroxylation is 1. The van der Waals surface area contributed by atoms with Crippen LogP contribution in [-0.2, 0) is 29.0 Å². The molecule has 184 valence electrons. The van der Waals surface area contributed by atoms with E-state index in [1.54, 1.807) is 43.3 Å². The summed E-state index contributed by atoms with van der Waals surface area (Å²) in [4.78, 5) is 26.8. The van der Waals surface area contributed by atoms with E-state index in [0.717, 1.165) is 41.7 Å². The first-order chi connectivity index (χ1) is 17.5. The number of amides is 1. The predicted molar refractivity (Wildman–Crippen MR) is 141 cm³/mol. The summed E-state index contributed by atoms with van der Waals surface area (Å²) in [6, 6.07) is 16.5. The van der Waals surface area contributed by atoms with Crippen LogP contribution in [-0.4, -0.2) is 18.5 Å². The minimum absolute atomic E-state index is 0.0777. The molecular weight excluding hydrogens is 496 g/mol. The summed E-state index contributed by atoms with van der Waals surface area (Å²) in [6.45, 7) is 2.35. The van der Waals surface area contributed by atoms with Crippen molar-refractivity contribution in [3.05, 3.63) is 86.3 Å². The van der Waals surface area contributed by atoms with Gasteiger partial charge in [0.2, 0.25) is 0 Å². The number of benzene rings is 2. The fraction of sp³-hybridized carbons (Fsp3) is 0.250. The monoisotopic (exact) mass is 520 g/mol. The summed E-state index contributed by atoms with van der Waals surface area (Å²) in [6.07, 6.45) is 5.18. The van der Waals surface area contributed by atoms with Crippen molar-refractivity contribution in [2.75, 3.05) is 11.9 Å². The van der Waals surface area contributed by atoms with Gasteiger partial charge >= 0.3 is 5.97 Å². The molecule has 36 heavy (non-hydrogen) atoms. The van der Waals surface area contributed by atoms with Crippen LogP contribution in [0, 0.1) is 11.3 Å². The number of anilines is 1. The van der Waals surface area contributed by atoms with E-state index in [-0.39, 0.29) is 12.2 Å². The Balaban J connectivity index is 1.51. The third-order valence-electron chi connectivity index (χ3n) is 5.73. The highest BCUT2D eigenvalue weighted by molar-refractivity contribution is 7.17. The van der Waals surface area contributed by atoms with Gasteiger partial charge in [-0.05, 0) is 79.6 Å². The van der Waals surface area contributed by atoms with Gasteiger partial charge in [0, 0.05) is 9.90 Å². The zero-order valence-corrected chi connectivity index (χ0v) is 21.4. The van der Waals surface area contributed by atoms with Gasteiger partial charge in [-0.1, -0.05) is 35.9 Å². The van der Waals surface area contributed by atoms with Crippen LogP contribution in [0.25, 0.3) is 6.08 Å². The van der Waals surface area contributed by atoms with Gasteiger partial charge in [-0.3, -0.25) is 4.79 Å². The van der Waals surface area contributed by atoms with Gasteiger partial charge in [0.25, 0.3) is 5.91 Å². The normalized spacial score (nSPS) is 12.9. The Morgan fingerprint density at radius 2 is 1.94 bits per heavy atom. The second-order valence-corrected chi connectivity index (χ2v) is 9.79. The number of halogens is 1. The van der Waals surface area contributed by atoms with Crippen molar-refractivity contribution in [1.82, 2.24) is 0 Å². The molecule has 0 saturated carbocycles. The molecule has 4 rings (SSSR count). The molecule has 0 bridgehead atoms. The third-order valence-corrected chi connectivity index (χ3v) is 7.19. The molecule has 0 aliphatic heterocycles. The molecule has 1 amide bonds. The molecule has 0 atom stereocenters. The molecule has 0 spiro atoms. The van der Waals surface area contributed by atoms with Crippen molar-refractivity contribution in [2.24, 2.45) is 0 Å². The lowest BCUT2D eigenvalue weighted by Gasteiger charge is -2.12. The van der Waals surface area contributed by atoms with Crippen LogP contribution in [0.3, 0.4) is 0 Å². The third kappa shape index (κ3) is 6.14. The van der Waals surface area contributed by atoms with Crippen molar-refractivity contribution < 1.29 is 19.1 Å². The summed E-state index contributed by atoms with van der Waals surface area (Å²) >= 11 is 7.31. The van der Waals surface area contributed by atoms with Crippen molar-refractivity contribution in [3.63, 3.8) is 0 Å². The van der Waals surface area contributed by atoms with E-state index in [4.69, 9.17) is 21.1 Å². The van der Waals surface area contributed by atoms with Gasteiger partial charge in [0.15, 0.2) is 0 Å². The number of thiophene rings is 1. The zero-order chi connectivity index (χ0) is 25.5. The van der Waals surface area contributed by atoms with Gasteiger partial charge in [0.05, 0.1) is 12.2 Å². The Morgan fingerprint density at radius 1 is 1.17 bits per heavy atom. The van der Waals surface area contributed by atoms with Gasteiger partial charge in [-0.15, -0.1) is 11.3 Å². The number of fused-ring (bicyclic) bond motifs is 1. The Kier molecular flexibility index (Phi) is 8.42. The fourth-order valence-corrected chi connectivity index (χ4v) is 5.40. The SMILES string of the molecule is CCOC(=O)c1c(NC(=O)C(C#N)=Cc2cccc(OCc3ccc(Cl)cc3)c2)sc2c1CCCC2. The second kappa shape index (κ2) is 11.9. The summed E-state index contributed by atoms with van der Waals surface area (Å²) in [7, 11) is 0. The minimum Gasteiger partial charge on any atom is -0.489 e. The molecule has 8 heteroatoms. The molecule has 1 aliphatic rings. The van der Waals surface area contributed by atoms with E-state index >= 15 is 0 Å². The number of rotatable bonds is 8. The van der Waals surface area contributed by atoms with Gasteiger partial charge in [-0.25, -0.2) is 4.79 Å². The molecular formula is C28H25ClN2O4S. The second-order valence-electron chi connectivity index (χ2n) is 8.25. The van der Waals surface area contributed by atoms with E-state index in [1.165, 1.54) is 17.4 Å². The standard InChI is InChI=1S/C28H25ClN2O4S/c1-2-34-28(33)25-23-8-3-4-9-24(23)36-27(25)31-26(32)20(16-30)14-19-6-5-7-22(15-19)35-17-18-10-12-21(29)13-11-18/h5-7,10-15H,2-4,8-9,17H2,1H3,(H,31,32). The first-order valence-corrected chi connectivity index (χ1v) is 12.9. The summed E-state index contributed by atoms with van der Waals surface area (Å²) < 4.78 is 11.1. The highest BCUT2D eigenvalue weighted by Gasteiger charge is 2.27. The number of carbonyl (C=O) groups is 2. The highest BCUT2D eigenvalue weighted by atomic mass is 35.5. The van der Waals surface area contributed by atoms with Crippen LogP contribution in [0.2, 0.25) is 5.02 Å². The molecule has 1 aliphatic carbocycles. The maximum Gasteiger partial charge on any atom is 0.341 e. The average molecular weight is 521 g/mol. The van der Waals surface area contributed by atoms with Crippen molar-refractivity contribution >= 4 is 45.9 Å². The van der Waals surface area contributed by atoms with E-state index in [9.17, 15) is 14.9 Å². The zero-order valence-electron chi connectivity index (χ0n) is 19.8. The van der Waals surface area contributed by atoms with Crippen LogP contribution in [0.15, 0.2) is 54.1 Å².